The highest BCUT2D eigenvalue weighted by atomic mass is 16.5. The molecule has 6 heteroatoms. The van der Waals surface area contributed by atoms with Gasteiger partial charge >= 0.3 is 0 Å². The Hall–Kier alpha value is -2.60. The SMILES string of the molecule is NC(=O)c1cnc2c(c1)NC[C@@H]([C@H](N)c1ccccc1)O2. The van der Waals surface area contributed by atoms with Crippen LogP contribution in [0.3, 0.4) is 0 Å². The maximum atomic E-state index is 11.1. The van der Waals surface area contributed by atoms with Crippen molar-refractivity contribution in [2.45, 2.75) is 12.1 Å². The number of nitrogens with two attached hydrogens (primary N) is 2. The zero-order chi connectivity index (χ0) is 14.8. The van der Waals surface area contributed by atoms with Gasteiger partial charge in [0.25, 0.3) is 0 Å². The number of hydrogen-bond acceptors (Lipinski definition) is 5. The van der Waals surface area contributed by atoms with Gasteiger partial charge in [-0.05, 0) is 11.6 Å². The van der Waals surface area contributed by atoms with Crippen molar-refractivity contribution in [1.82, 2.24) is 4.98 Å². The van der Waals surface area contributed by atoms with E-state index < -0.39 is 5.91 Å². The van der Waals surface area contributed by atoms with Crippen LogP contribution in [-0.4, -0.2) is 23.5 Å². The summed E-state index contributed by atoms with van der Waals surface area (Å²) in [6.45, 7) is 0.535. The van der Waals surface area contributed by atoms with Crippen LogP contribution in [-0.2, 0) is 0 Å². The van der Waals surface area contributed by atoms with Crippen LogP contribution >= 0.6 is 0 Å². The molecule has 108 valence electrons. The third-order valence-corrected chi connectivity index (χ3v) is 3.48. The summed E-state index contributed by atoms with van der Waals surface area (Å²) in [5.74, 6) is -0.0853. The number of hydrogen-bond donors (Lipinski definition) is 3. The Balaban J connectivity index is 1.80. The van der Waals surface area contributed by atoms with E-state index in [1.165, 1.54) is 6.20 Å². The number of primary amides is 1. The van der Waals surface area contributed by atoms with Crippen LogP contribution in [0.25, 0.3) is 0 Å². The molecule has 0 saturated carbocycles. The Morgan fingerprint density at radius 1 is 1.38 bits per heavy atom. The molecule has 2 heterocycles. The monoisotopic (exact) mass is 284 g/mol. The van der Waals surface area contributed by atoms with E-state index in [9.17, 15) is 4.79 Å². The number of amides is 1. The van der Waals surface area contributed by atoms with Gasteiger partial charge in [-0.2, -0.15) is 0 Å². The highest BCUT2D eigenvalue weighted by Gasteiger charge is 2.27. The number of rotatable bonds is 3. The number of fused-ring (bicyclic) bond motifs is 1. The normalized spacial score (nSPS) is 18.0. The van der Waals surface area contributed by atoms with Crippen LogP contribution in [0.4, 0.5) is 5.69 Å². The molecular weight excluding hydrogens is 268 g/mol. The predicted molar refractivity (Wildman–Crippen MR) is 79.0 cm³/mol. The lowest BCUT2D eigenvalue weighted by Gasteiger charge is -2.30. The van der Waals surface area contributed by atoms with Crippen molar-refractivity contribution in [3.63, 3.8) is 0 Å². The van der Waals surface area contributed by atoms with Crippen molar-refractivity contribution >= 4 is 11.6 Å². The van der Waals surface area contributed by atoms with Crippen LogP contribution in [0.5, 0.6) is 5.88 Å². The molecule has 1 aliphatic heterocycles. The number of nitrogens with one attached hydrogen (secondary N) is 1. The molecule has 1 amide bonds. The van der Waals surface area contributed by atoms with Gasteiger partial charge < -0.3 is 21.5 Å². The Kier molecular flexibility index (Phi) is 3.45. The number of benzene rings is 1. The second-order valence-corrected chi connectivity index (χ2v) is 4.91. The van der Waals surface area contributed by atoms with Crippen molar-refractivity contribution < 1.29 is 9.53 Å². The molecule has 1 aromatic heterocycles. The topological polar surface area (TPSA) is 103 Å². The zero-order valence-corrected chi connectivity index (χ0v) is 11.3. The van der Waals surface area contributed by atoms with E-state index in [0.29, 0.717) is 23.7 Å². The molecule has 0 bridgehead atoms. The van der Waals surface area contributed by atoms with E-state index in [1.54, 1.807) is 6.07 Å². The Morgan fingerprint density at radius 3 is 2.86 bits per heavy atom. The second-order valence-electron chi connectivity index (χ2n) is 4.91. The summed E-state index contributed by atoms with van der Waals surface area (Å²) in [7, 11) is 0. The highest BCUT2D eigenvalue weighted by molar-refractivity contribution is 5.93. The maximum Gasteiger partial charge on any atom is 0.250 e. The summed E-state index contributed by atoms with van der Waals surface area (Å²) in [5.41, 5.74) is 13.5. The summed E-state index contributed by atoms with van der Waals surface area (Å²) in [4.78, 5) is 15.3. The Morgan fingerprint density at radius 2 is 2.14 bits per heavy atom. The van der Waals surface area contributed by atoms with E-state index >= 15 is 0 Å². The molecule has 1 aromatic carbocycles. The van der Waals surface area contributed by atoms with Gasteiger partial charge in [0.15, 0.2) is 0 Å². The summed E-state index contributed by atoms with van der Waals surface area (Å²) >= 11 is 0. The average molecular weight is 284 g/mol. The van der Waals surface area contributed by atoms with Crippen molar-refractivity contribution in [2.24, 2.45) is 11.5 Å². The van der Waals surface area contributed by atoms with Gasteiger partial charge in [-0.1, -0.05) is 30.3 Å². The second kappa shape index (κ2) is 5.41. The fraction of sp³-hybridized carbons (Fsp3) is 0.200. The first kappa shape index (κ1) is 13.4. The third-order valence-electron chi connectivity index (χ3n) is 3.48. The molecule has 0 aliphatic carbocycles. The lowest BCUT2D eigenvalue weighted by molar-refractivity contribution is 0.0999. The molecule has 0 saturated heterocycles. The van der Waals surface area contributed by atoms with Crippen LogP contribution in [0, 0.1) is 0 Å². The van der Waals surface area contributed by atoms with Gasteiger partial charge in [-0.3, -0.25) is 4.79 Å². The molecule has 21 heavy (non-hydrogen) atoms. The molecule has 5 N–H and O–H groups in total. The van der Waals surface area contributed by atoms with E-state index in [1.807, 2.05) is 30.3 Å². The first-order valence-corrected chi connectivity index (χ1v) is 6.66. The number of anilines is 1. The maximum absolute atomic E-state index is 11.1. The molecule has 6 nitrogen and oxygen atoms in total. The van der Waals surface area contributed by atoms with Crippen molar-refractivity contribution in [2.75, 3.05) is 11.9 Å². The summed E-state index contributed by atoms with van der Waals surface area (Å²) < 4.78 is 5.83. The van der Waals surface area contributed by atoms with Crippen molar-refractivity contribution in [1.29, 1.82) is 0 Å². The minimum atomic E-state index is -0.518. The first-order chi connectivity index (χ1) is 10.1. The van der Waals surface area contributed by atoms with Gasteiger partial charge in [0.05, 0.1) is 23.8 Å². The van der Waals surface area contributed by atoms with Crippen molar-refractivity contribution in [3.05, 3.63) is 53.7 Å². The molecule has 0 unspecified atom stereocenters. The Bertz CT molecular complexity index is 660. The van der Waals surface area contributed by atoms with E-state index in [0.717, 1.165) is 5.56 Å². The smallest absolute Gasteiger partial charge is 0.250 e. The fourth-order valence-corrected chi connectivity index (χ4v) is 2.29. The standard InChI is InChI=1S/C15H16N4O2/c16-13(9-4-2-1-3-5-9)12-8-18-11-6-10(14(17)20)7-19-15(11)21-12/h1-7,12-13,18H,8,16H2,(H2,17,20)/t12-,13+/m0/s1. The quantitative estimate of drug-likeness (QED) is 0.781. The number of carbonyl (C=O) groups is 1. The molecule has 3 rings (SSSR count). The molecule has 1 aliphatic rings. The summed E-state index contributed by atoms with van der Waals surface area (Å²) in [6, 6.07) is 11.1. The van der Waals surface area contributed by atoms with Crippen LogP contribution < -0.4 is 21.5 Å². The molecular formula is C15H16N4O2. The third kappa shape index (κ3) is 2.66. The average Bonchev–Trinajstić information content (AvgIpc) is 2.54. The zero-order valence-electron chi connectivity index (χ0n) is 11.3. The number of pyridine rings is 1. The van der Waals surface area contributed by atoms with Gasteiger partial charge in [0.2, 0.25) is 11.8 Å². The van der Waals surface area contributed by atoms with Crippen LogP contribution in [0.15, 0.2) is 42.6 Å². The largest absolute Gasteiger partial charge is 0.469 e. The number of nitrogens with zero attached hydrogens (tertiary/aromatic N) is 1. The van der Waals surface area contributed by atoms with Gasteiger partial charge in [-0.15, -0.1) is 0 Å². The predicted octanol–water partition coefficient (Wildman–Crippen LogP) is 1.05. The van der Waals surface area contributed by atoms with Gasteiger partial charge in [-0.25, -0.2) is 4.98 Å². The fourth-order valence-electron chi connectivity index (χ4n) is 2.29. The number of aromatic nitrogens is 1. The summed E-state index contributed by atoms with van der Waals surface area (Å²) in [6.07, 6.45) is 1.17. The lowest BCUT2D eigenvalue weighted by atomic mass is 10.0. The molecule has 0 fully saturated rings. The molecule has 0 spiro atoms. The van der Waals surface area contributed by atoms with E-state index in [-0.39, 0.29) is 12.1 Å². The van der Waals surface area contributed by atoms with E-state index in [2.05, 4.69) is 10.3 Å². The Labute approximate surface area is 122 Å². The van der Waals surface area contributed by atoms with E-state index in [4.69, 9.17) is 16.2 Å². The molecule has 0 radical (unpaired) electrons. The highest BCUT2D eigenvalue weighted by Crippen LogP contribution is 2.30. The number of carbonyl (C=O) groups excluding carboxylic acids is 1. The minimum Gasteiger partial charge on any atom is -0.469 e. The minimum absolute atomic E-state index is 0.230. The van der Waals surface area contributed by atoms with Crippen LogP contribution in [0.2, 0.25) is 0 Å². The summed E-state index contributed by atoms with van der Waals surface area (Å²) in [5, 5.41) is 3.18. The van der Waals surface area contributed by atoms with Crippen LogP contribution in [0.1, 0.15) is 22.0 Å². The molecule has 2 aromatic rings. The number of ether oxygens (including phenoxy) is 1. The van der Waals surface area contributed by atoms with Gasteiger partial charge in [0.1, 0.15) is 6.10 Å². The van der Waals surface area contributed by atoms with Crippen molar-refractivity contribution in [3.8, 4) is 5.88 Å². The first-order valence-electron chi connectivity index (χ1n) is 6.66. The van der Waals surface area contributed by atoms with Gasteiger partial charge in [0, 0.05) is 6.20 Å². The lowest BCUT2D eigenvalue weighted by Crippen LogP contribution is -2.40. The molecule has 2 atom stereocenters.